The predicted octanol–water partition coefficient (Wildman–Crippen LogP) is 4.40. The molecule has 1 amide bonds. The number of nitrogens with zero attached hydrogens (tertiary/aromatic N) is 1. The third-order valence-corrected chi connectivity index (χ3v) is 5.19. The molecule has 0 atom stereocenters. The van der Waals surface area contributed by atoms with Crippen LogP contribution < -0.4 is 19.5 Å². The Morgan fingerprint density at radius 2 is 1.67 bits per heavy atom. The zero-order valence-corrected chi connectivity index (χ0v) is 16.3. The van der Waals surface area contributed by atoms with Gasteiger partial charge >= 0.3 is 0 Å². The first-order chi connectivity index (χ1) is 13.1. The number of nitrogens with one attached hydrogen (secondary N) is 1. The van der Waals surface area contributed by atoms with Gasteiger partial charge in [0.15, 0.2) is 11.5 Å². The Morgan fingerprint density at radius 1 is 0.963 bits per heavy atom. The second-order valence-electron chi connectivity index (χ2n) is 5.66. The topological polar surface area (TPSA) is 69.7 Å². The summed E-state index contributed by atoms with van der Waals surface area (Å²) in [5.74, 6) is 1.64. The molecule has 27 heavy (non-hydrogen) atoms. The maximum atomic E-state index is 12.7. The van der Waals surface area contributed by atoms with Crippen molar-refractivity contribution < 1.29 is 19.0 Å². The average Bonchev–Trinajstić information content (AvgIpc) is 3.09. The van der Waals surface area contributed by atoms with Crippen LogP contribution in [-0.2, 0) is 0 Å². The Labute approximate surface area is 161 Å². The quantitative estimate of drug-likeness (QED) is 0.682. The minimum Gasteiger partial charge on any atom is -0.495 e. The number of rotatable bonds is 6. The van der Waals surface area contributed by atoms with Gasteiger partial charge in [-0.25, -0.2) is 4.98 Å². The molecule has 2 aromatic carbocycles. The number of methoxy groups -OCH3 is 3. The minimum absolute atomic E-state index is 0.221. The van der Waals surface area contributed by atoms with E-state index in [-0.39, 0.29) is 5.91 Å². The van der Waals surface area contributed by atoms with E-state index in [9.17, 15) is 4.79 Å². The maximum absolute atomic E-state index is 12.7. The number of thiazole rings is 1. The van der Waals surface area contributed by atoms with E-state index >= 15 is 0 Å². The van der Waals surface area contributed by atoms with Crippen LogP contribution in [0.2, 0.25) is 0 Å². The van der Waals surface area contributed by atoms with E-state index in [1.165, 1.54) is 11.3 Å². The highest BCUT2D eigenvalue weighted by molar-refractivity contribution is 7.17. The van der Waals surface area contributed by atoms with Gasteiger partial charge in [0.2, 0.25) is 0 Å². The molecule has 0 saturated carbocycles. The summed E-state index contributed by atoms with van der Waals surface area (Å²) in [6.45, 7) is 1.82. The molecule has 1 aromatic heterocycles. The highest BCUT2D eigenvalue weighted by atomic mass is 32.1. The summed E-state index contributed by atoms with van der Waals surface area (Å²) in [4.78, 5) is 17.8. The molecule has 1 heterocycles. The number of carbonyl (C=O) groups excluding carboxylic acids is 1. The SMILES string of the molecule is COc1ccccc1NC(=O)c1sc(-c2ccc(OC)c(OC)c2)nc1C. The fraction of sp³-hybridized carbons (Fsp3) is 0.200. The number of hydrogen-bond acceptors (Lipinski definition) is 6. The zero-order valence-electron chi connectivity index (χ0n) is 15.5. The van der Waals surface area contributed by atoms with Crippen molar-refractivity contribution in [3.8, 4) is 27.8 Å². The van der Waals surface area contributed by atoms with Crippen molar-refractivity contribution in [2.75, 3.05) is 26.6 Å². The van der Waals surface area contributed by atoms with Gasteiger partial charge in [-0.15, -0.1) is 11.3 Å². The number of aromatic nitrogens is 1. The van der Waals surface area contributed by atoms with Crippen LogP contribution in [0.3, 0.4) is 0 Å². The summed E-state index contributed by atoms with van der Waals surface area (Å²) in [5.41, 5.74) is 2.14. The Hall–Kier alpha value is -3.06. The van der Waals surface area contributed by atoms with Crippen LogP contribution in [0.25, 0.3) is 10.6 Å². The molecule has 0 fully saturated rings. The van der Waals surface area contributed by atoms with Crippen molar-refractivity contribution in [1.82, 2.24) is 4.98 Å². The molecular weight excluding hydrogens is 364 g/mol. The van der Waals surface area contributed by atoms with Crippen molar-refractivity contribution in [2.24, 2.45) is 0 Å². The number of carbonyl (C=O) groups is 1. The predicted molar refractivity (Wildman–Crippen MR) is 106 cm³/mol. The number of amides is 1. The second kappa shape index (κ2) is 8.09. The molecule has 0 unspecified atom stereocenters. The number of hydrogen-bond donors (Lipinski definition) is 1. The number of anilines is 1. The van der Waals surface area contributed by atoms with E-state index in [4.69, 9.17) is 14.2 Å². The summed E-state index contributed by atoms with van der Waals surface area (Å²) in [6, 6.07) is 12.8. The van der Waals surface area contributed by atoms with Crippen molar-refractivity contribution in [3.63, 3.8) is 0 Å². The smallest absolute Gasteiger partial charge is 0.267 e. The first-order valence-electron chi connectivity index (χ1n) is 8.21. The molecule has 0 aliphatic heterocycles. The van der Waals surface area contributed by atoms with Gasteiger partial charge in [-0.2, -0.15) is 0 Å². The number of para-hydroxylation sites is 2. The lowest BCUT2D eigenvalue weighted by molar-refractivity contribution is 0.102. The van der Waals surface area contributed by atoms with E-state index in [1.54, 1.807) is 33.5 Å². The summed E-state index contributed by atoms with van der Waals surface area (Å²) in [6.07, 6.45) is 0. The van der Waals surface area contributed by atoms with Crippen LogP contribution in [0.4, 0.5) is 5.69 Å². The minimum atomic E-state index is -0.221. The van der Waals surface area contributed by atoms with Gasteiger partial charge in [-0.05, 0) is 37.3 Å². The van der Waals surface area contributed by atoms with Crippen LogP contribution in [-0.4, -0.2) is 32.2 Å². The van der Waals surface area contributed by atoms with E-state index in [0.717, 1.165) is 10.6 Å². The molecule has 6 nitrogen and oxygen atoms in total. The van der Waals surface area contributed by atoms with Crippen LogP contribution in [0.5, 0.6) is 17.2 Å². The summed E-state index contributed by atoms with van der Waals surface area (Å²) in [7, 11) is 4.74. The lowest BCUT2D eigenvalue weighted by Crippen LogP contribution is -2.12. The van der Waals surface area contributed by atoms with Gasteiger partial charge in [-0.3, -0.25) is 4.79 Å². The van der Waals surface area contributed by atoms with E-state index in [0.29, 0.717) is 33.5 Å². The molecule has 3 rings (SSSR count). The monoisotopic (exact) mass is 384 g/mol. The van der Waals surface area contributed by atoms with Crippen LogP contribution >= 0.6 is 11.3 Å². The van der Waals surface area contributed by atoms with E-state index in [2.05, 4.69) is 10.3 Å². The van der Waals surface area contributed by atoms with Crippen LogP contribution in [0, 0.1) is 6.92 Å². The molecule has 3 aromatic rings. The van der Waals surface area contributed by atoms with E-state index in [1.807, 2.05) is 37.3 Å². The first-order valence-corrected chi connectivity index (χ1v) is 9.03. The van der Waals surface area contributed by atoms with Gasteiger partial charge in [0, 0.05) is 5.56 Å². The van der Waals surface area contributed by atoms with Crippen LogP contribution in [0.1, 0.15) is 15.4 Å². The number of ether oxygens (including phenoxy) is 3. The Kier molecular flexibility index (Phi) is 5.61. The largest absolute Gasteiger partial charge is 0.495 e. The lowest BCUT2D eigenvalue weighted by Gasteiger charge is -2.09. The second-order valence-corrected chi connectivity index (χ2v) is 6.66. The van der Waals surface area contributed by atoms with Crippen molar-refractivity contribution in [1.29, 1.82) is 0 Å². The molecule has 1 N–H and O–H groups in total. The fourth-order valence-electron chi connectivity index (χ4n) is 2.63. The highest BCUT2D eigenvalue weighted by Gasteiger charge is 2.18. The third kappa shape index (κ3) is 3.88. The standard InChI is InChI=1S/C20H20N2O4S/c1-12-18(19(23)22-14-7-5-6-8-15(14)24-2)27-20(21-12)13-9-10-16(25-3)17(11-13)26-4/h5-11H,1-4H3,(H,22,23). The summed E-state index contributed by atoms with van der Waals surface area (Å²) < 4.78 is 15.9. The van der Waals surface area contributed by atoms with E-state index < -0.39 is 0 Å². The maximum Gasteiger partial charge on any atom is 0.267 e. The zero-order chi connectivity index (χ0) is 19.4. The molecule has 140 valence electrons. The molecule has 0 spiro atoms. The van der Waals surface area contributed by atoms with Gasteiger partial charge in [-0.1, -0.05) is 12.1 Å². The Balaban J connectivity index is 1.89. The van der Waals surface area contributed by atoms with Crippen molar-refractivity contribution in [2.45, 2.75) is 6.92 Å². The number of aryl methyl sites for hydroxylation is 1. The molecular formula is C20H20N2O4S. The normalized spacial score (nSPS) is 10.4. The lowest BCUT2D eigenvalue weighted by atomic mass is 10.2. The summed E-state index contributed by atoms with van der Waals surface area (Å²) in [5, 5.41) is 3.62. The highest BCUT2D eigenvalue weighted by Crippen LogP contribution is 2.35. The Morgan fingerprint density at radius 3 is 2.37 bits per heavy atom. The molecule has 7 heteroatoms. The molecule has 0 saturated heterocycles. The van der Waals surface area contributed by atoms with Crippen molar-refractivity contribution >= 4 is 22.9 Å². The molecule has 0 bridgehead atoms. The molecule has 0 aliphatic carbocycles. The third-order valence-electron chi connectivity index (χ3n) is 3.99. The first kappa shape index (κ1) is 18.7. The summed E-state index contributed by atoms with van der Waals surface area (Å²) >= 11 is 1.33. The van der Waals surface area contributed by atoms with Crippen LogP contribution in [0.15, 0.2) is 42.5 Å². The van der Waals surface area contributed by atoms with Gasteiger partial charge < -0.3 is 19.5 Å². The average molecular weight is 384 g/mol. The van der Waals surface area contributed by atoms with Crippen molar-refractivity contribution in [3.05, 3.63) is 53.0 Å². The van der Waals surface area contributed by atoms with Gasteiger partial charge in [0.1, 0.15) is 15.6 Å². The molecule has 0 aliphatic rings. The van der Waals surface area contributed by atoms with Gasteiger partial charge in [0.25, 0.3) is 5.91 Å². The molecule has 0 radical (unpaired) electrons. The van der Waals surface area contributed by atoms with Gasteiger partial charge in [0.05, 0.1) is 32.7 Å². The number of benzene rings is 2. The fourth-order valence-corrected chi connectivity index (χ4v) is 3.58. The Bertz CT molecular complexity index is 968.